The molecular weight excluding hydrogens is 510 g/mol. The summed E-state index contributed by atoms with van der Waals surface area (Å²) in [5.41, 5.74) is -1.51. The fourth-order valence-corrected chi connectivity index (χ4v) is 2.30. The number of carbonyl (C=O) groups excluding carboxylic acids is 3. The van der Waals surface area contributed by atoms with Gasteiger partial charge >= 0.3 is 6.09 Å². The Balaban J connectivity index is -0.000000520. The van der Waals surface area contributed by atoms with Crippen LogP contribution in [0.15, 0.2) is 28.7 Å². The molecule has 0 atom stereocenters. The molecular formula is C23H30BrF4NO4. The molecule has 0 aliphatic carbocycles. The molecule has 0 spiro atoms. The second kappa shape index (κ2) is 16.0. The third-order valence-corrected chi connectivity index (χ3v) is 3.43. The van der Waals surface area contributed by atoms with Crippen LogP contribution in [0.4, 0.5) is 28.0 Å². The number of carbonyl (C=O) groups is 3. The second-order valence-electron chi connectivity index (χ2n) is 6.51. The number of aldehydes is 2. The Morgan fingerprint density at radius 2 is 1.30 bits per heavy atom. The van der Waals surface area contributed by atoms with Crippen LogP contribution < -0.4 is 5.32 Å². The molecule has 0 unspecified atom stereocenters. The van der Waals surface area contributed by atoms with E-state index >= 15 is 0 Å². The van der Waals surface area contributed by atoms with Crippen LogP contribution in [0, 0.1) is 23.3 Å². The van der Waals surface area contributed by atoms with E-state index in [4.69, 9.17) is 4.74 Å². The first kappa shape index (κ1) is 34.9. The van der Waals surface area contributed by atoms with Gasteiger partial charge in [-0.3, -0.25) is 14.9 Å². The van der Waals surface area contributed by atoms with Crippen LogP contribution in [-0.2, 0) is 4.74 Å². The highest BCUT2D eigenvalue weighted by molar-refractivity contribution is 9.10. The lowest BCUT2D eigenvalue weighted by molar-refractivity contribution is 0.0635. The fraction of sp³-hybridized carbons (Fsp3) is 0.348. The van der Waals surface area contributed by atoms with Gasteiger partial charge in [-0.25, -0.2) is 22.4 Å². The van der Waals surface area contributed by atoms with Crippen LogP contribution >= 0.6 is 15.9 Å². The minimum Gasteiger partial charge on any atom is -0.444 e. The molecule has 1 amide bonds. The van der Waals surface area contributed by atoms with E-state index < -0.39 is 40.5 Å². The van der Waals surface area contributed by atoms with Gasteiger partial charge in [0.25, 0.3) is 0 Å². The highest BCUT2D eigenvalue weighted by atomic mass is 79.9. The number of amides is 1. The lowest BCUT2D eigenvalue weighted by Crippen LogP contribution is -2.27. The van der Waals surface area contributed by atoms with Crippen molar-refractivity contribution in [1.29, 1.82) is 0 Å². The van der Waals surface area contributed by atoms with E-state index in [0.29, 0.717) is 4.47 Å². The van der Waals surface area contributed by atoms with Crippen molar-refractivity contribution in [2.75, 3.05) is 5.32 Å². The standard InChI is InChI=1S/C12H13F2NO3.C7H3BrF2O.C2H6.2CH4/c1-12(2,3)18-11(17)15-8-4-7(6-16)10(14)9(13)5-8;8-5-1-4(3-11)7(10)6(9)2-5;1-2;;/h4-6H,1-3H3,(H,15,17);1-3H;1-2H3;2*1H4. The fourth-order valence-electron chi connectivity index (χ4n) is 1.85. The third kappa shape index (κ3) is 12.2. The summed E-state index contributed by atoms with van der Waals surface area (Å²) in [7, 11) is 0. The largest absolute Gasteiger partial charge is 0.444 e. The van der Waals surface area contributed by atoms with Gasteiger partial charge in [0.1, 0.15) is 5.60 Å². The van der Waals surface area contributed by atoms with E-state index in [1.165, 1.54) is 6.07 Å². The lowest BCUT2D eigenvalue weighted by Gasteiger charge is -2.19. The molecule has 0 bridgehead atoms. The van der Waals surface area contributed by atoms with Crippen molar-refractivity contribution in [3.8, 4) is 0 Å². The first-order valence-electron chi connectivity index (χ1n) is 8.92. The topological polar surface area (TPSA) is 72.5 Å². The van der Waals surface area contributed by atoms with Gasteiger partial charge in [0.15, 0.2) is 35.8 Å². The van der Waals surface area contributed by atoms with Crippen molar-refractivity contribution < 1.29 is 36.7 Å². The zero-order valence-electron chi connectivity index (χ0n) is 17.5. The summed E-state index contributed by atoms with van der Waals surface area (Å²) in [5.74, 6) is -4.60. The molecule has 2 aromatic rings. The van der Waals surface area contributed by atoms with E-state index in [0.717, 1.165) is 18.2 Å². The van der Waals surface area contributed by atoms with Crippen molar-refractivity contribution in [3.63, 3.8) is 0 Å². The number of hydrogen-bond donors (Lipinski definition) is 1. The van der Waals surface area contributed by atoms with Crippen LogP contribution in [0.1, 0.15) is 70.2 Å². The van der Waals surface area contributed by atoms with Crippen molar-refractivity contribution in [3.05, 3.63) is 63.1 Å². The van der Waals surface area contributed by atoms with Crippen molar-refractivity contribution in [2.45, 2.75) is 55.1 Å². The Hall–Kier alpha value is -2.75. The van der Waals surface area contributed by atoms with Gasteiger partial charge in [-0.1, -0.05) is 44.6 Å². The van der Waals surface area contributed by atoms with Gasteiger partial charge < -0.3 is 4.74 Å². The summed E-state index contributed by atoms with van der Waals surface area (Å²) in [6.07, 6.45) is -0.382. The SMILES string of the molecule is C.C.CC.CC(C)(C)OC(=O)Nc1cc(F)c(F)c(C=O)c1.O=Cc1cc(Br)cc(F)c1F. The van der Waals surface area contributed by atoms with E-state index in [1.54, 1.807) is 20.8 Å². The smallest absolute Gasteiger partial charge is 0.412 e. The number of halogens is 5. The van der Waals surface area contributed by atoms with Crippen LogP contribution in [0.5, 0.6) is 0 Å². The van der Waals surface area contributed by atoms with Crippen LogP contribution in [0.2, 0.25) is 0 Å². The zero-order valence-corrected chi connectivity index (χ0v) is 19.1. The maximum atomic E-state index is 13.1. The Bertz CT molecular complexity index is 932. The number of rotatable bonds is 3. The number of hydrogen-bond acceptors (Lipinski definition) is 4. The number of ether oxygens (including phenoxy) is 1. The Morgan fingerprint density at radius 3 is 1.73 bits per heavy atom. The van der Waals surface area contributed by atoms with Crippen LogP contribution in [0.3, 0.4) is 0 Å². The van der Waals surface area contributed by atoms with E-state index in [-0.39, 0.29) is 38.7 Å². The summed E-state index contributed by atoms with van der Waals surface area (Å²) < 4.78 is 56.4. The van der Waals surface area contributed by atoms with Gasteiger partial charge in [-0.15, -0.1) is 0 Å². The lowest BCUT2D eigenvalue weighted by atomic mass is 10.2. The van der Waals surface area contributed by atoms with E-state index in [2.05, 4.69) is 21.2 Å². The van der Waals surface area contributed by atoms with Gasteiger partial charge in [-0.05, 0) is 39.0 Å². The van der Waals surface area contributed by atoms with Gasteiger partial charge in [0, 0.05) is 16.2 Å². The molecule has 33 heavy (non-hydrogen) atoms. The highest BCUT2D eigenvalue weighted by Crippen LogP contribution is 2.19. The van der Waals surface area contributed by atoms with E-state index in [9.17, 15) is 31.9 Å². The molecule has 186 valence electrons. The Morgan fingerprint density at radius 1 is 0.879 bits per heavy atom. The summed E-state index contributed by atoms with van der Waals surface area (Å²) in [6.45, 7) is 8.98. The highest BCUT2D eigenvalue weighted by Gasteiger charge is 2.17. The normalized spacial score (nSPS) is 9.39. The summed E-state index contributed by atoms with van der Waals surface area (Å²) >= 11 is 2.92. The predicted octanol–water partition coefficient (Wildman–Crippen LogP) is 7.96. The molecule has 0 heterocycles. The Kier molecular flexibility index (Phi) is 16.9. The molecule has 2 aromatic carbocycles. The molecule has 0 aliphatic rings. The summed E-state index contributed by atoms with van der Waals surface area (Å²) in [4.78, 5) is 32.0. The molecule has 0 aromatic heterocycles. The van der Waals surface area contributed by atoms with Crippen molar-refractivity contribution in [2.24, 2.45) is 0 Å². The number of anilines is 1. The zero-order chi connectivity index (χ0) is 24.4. The molecule has 0 fully saturated rings. The molecule has 5 nitrogen and oxygen atoms in total. The minimum absolute atomic E-state index is 0. The number of nitrogens with one attached hydrogen (secondary N) is 1. The first-order valence-corrected chi connectivity index (χ1v) is 9.71. The van der Waals surface area contributed by atoms with Gasteiger partial charge in [0.05, 0.1) is 11.1 Å². The van der Waals surface area contributed by atoms with Gasteiger partial charge in [0.2, 0.25) is 0 Å². The molecule has 1 N–H and O–H groups in total. The van der Waals surface area contributed by atoms with Crippen molar-refractivity contribution >= 4 is 40.3 Å². The maximum Gasteiger partial charge on any atom is 0.412 e. The van der Waals surface area contributed by atoms with Crippen LogP contribution in [-0.4, -0.2) is 24.3 Å². The first-order chi connectivity index (χ1) is 14.4. The molecule has 0 saturated heterocycles. The molecule has 0 saturated carbocycles. The third-order valence-electron chi connectivity index (χ3n) is 2.98. The summed E-state index contributed by atoms with van der Waals surface area (Å²) in [5, 5.41) is 2.21. The average molecular weight is 540 g/mol. The molecule has 2 rings (SSSR count). The monoisotopic (exact) mass is 539 g/mol. The molecule has 0 radical (unpaired) electrons. The summed E-state index contributed by atoms with van der Waals surface area (Å²) in [6, 6.07) is 3.97. The van der Waals surface area contributed by atoms with E-state index in [1.807, 2.05) is 13.8 Å². The molecule has 0 aliphatic heterocycles. The minimum atomic E-state index is -1.25. The number of benzene rings is 2. The quantitative estimate of drug-likeness (QED) is 0.244. The molecule has 10 heteroatoms. The second-order valence-corrected chi connectivity index (χ2v) is 7.43. The van der Waals surface area contributed by atoms with Gasteiger partial charge in [-0.2, -0.15) is 0 Å². The Labute approximate surface area is 200 Å². The predicted molar refractivity (Wildman–Crippen MR) is 126 cm³/mol. The van der Waals surface area contributed by atoms with Crippen LogP contribution in [0.25, 0.3) is 0 Å². The average Bonchev–Trinajstić information content (AvgIpc) is 2.67. The maximum absolute atomic E-state index is 13.1. The van der Waals surface area contributed by atoms with Crippen molar-refractivity contribution in [1.82, 2.24) is 0 Å².